The summed E-state index contributed by atoms with van der Waals surface area (Å²) in [7, 11) is 1.43. The highest BCUT2D eigenvalue weighted by Gasteiger charge is 2.36. The Bertz CT molecular complexity index is 502. The standard InChI is InChI=1S/C20H30O4/c1-14-10-11-18(16(3)20(21)22-4)24-19(14)15(2)12-23-13-17-8-6-5-7-9-17/h5-9,14-16,18-19H,10-13H2,1-4H3/t14-,15-,16-,18-,19-/m0/s1. The van der Waals surface area contributed by atoms with Crippen LogP contribution in [-0.2, 0) is 25.6 Å². The molecule has 0 saturated carbocycles. The third-order valence-corrected chi connectivity index (χ3v) is 4.98. The molecule has 2 rings (SSSR count). The number of carbonyl (C=O) groups is 1. The monoisotopic (exact) mass is 334 g/mol. The molecule has 0 N–H and O–H groups in total. The highest BCUT2D eigenvalue weighted by atomic mass is 16.5. The number of benzene rings is 1. The molecule has 4 heteroatoms. The average molecular weight is 334 g/mol. The van der Waals surface area contributed by atoms with Gasteiger partial charge in [0.2, 0.25) is 0 Å². The molecule has 0 radical (unpaired) electrons. The fraction of sp³-hybridized carbons (Fsp3) is 0.650. The highest BCUT2D eigenvalue weighted by Crippen LogP contribution is 2.33. The summed E-state index contributed by atoms with van der Waals surface area (Å²) in [6.07, 6.45) is 2.03. The summed E-state index contributed by atoms with van der Waals surface area (Å²) in [5.41, 5.74) is 1.18. The zero-order valence-corrected chi connectivity index (χ0v) is 15.2. The van der Waals surface area contributed by atoms with Crippen molar-refractivity contribution in [1.29, 1.82) is 0 Å². The molecule has 0 aromatic heterocycles. The van der Waals surface area contributed by atoms with Gasteiger partial charge in [-0.15, -0.1) is 0 Å². The molecule has 0 aliphatic carbocycles. The molecule has 134 valence electrons. The second kappa shape index (κ2) is 9.19. The molecule has 0 unspecified atom stereocenters. The van der Waals surface area contributed by atoms with E-state index in [1.54, 1.807) is 0 Å². The topological polar surface area (TPSA) is 44.8 Å². The van der Waals surface area contributed by atoms with Crippen LogP contribution in [0, 0.1) is 17.8 Å². The fourth-order valence-electron chi connectivity index (χ4n) is 3.43. The zero-order valence-electron chi connectivity index (χ0n) is 15.2. The van der Waals surface area contributed by atoms with Gasteiger partial charge >= 0.3 is 5.97 Å². The first kappa shape index (κ1) is 18.9. The van der Waals surface area contributed by atoms with Gasteiger partial charge in [0, 0.05) is 5.92 Å². The number of carbonyl (C=O) groups excluding carboxylic acids is 1. The van der Waals surface area contributed by atoms with Gasteiger partial charge in [-0.25, -0.2) is 0 Å². The molecule has 4 nitrogen and oxygen atoms in total. The van der Waals surface area contributed by atoms with Crippen molar-refractivity contribution in [3.8, 4) is 0 Å². The molecule has 1 aromatic carbocycles. The smallest absolute Gasteiger partial charge is 0.311 e. The lowest BCUT2D eigenvalue weighted by atomic mass is 9.84. The molecular formula is C20H30O4. The van der Waals surface area contributed by atoms with E-state index in [0.29, 0.717) is 19.1 Å². The SMILES string of the molecule is COC(=O)[C@@H](C)[C@@H]1CC[C@H](C)[C@@H]([C@@H](C)COCc2ccccc2)O1. The molecule has 1 heterocycles. The molecule has 1 saturated heterocycles. The first-order chi connectivity index (χ1) is 11.5. The fourth-order valence-corrected chi connectivity index (χ4v) is 3.43. The van der Waals surface area contributed by atoms with E-state index >= 15 is 0 Å². The summed E-state index contributed by atoms with van der Waals surface area (Å²) in [5.74, 6) is 0.349. The number of hydrogen-bond donors (Lipinski definition) is 0. The average Bonchev–Trinajstić information content (AvgIpc) is 2.61. The summed E-state index contributed by atoms with van der Waals surface area (Å²) >= 11 is 0. The van der Waals surface area contributed by atoms with Crippen molar-refractivity contribution in [1.82, 2.24) is 0 Å². The van der Waals surface area contributed by atoms with E-state index in [-0.39, 0.29) is 30.0 Å². The number of rotatable bonds is 7. The summed E-state index contributed by atoms with van der Waals surface area (Å²) in [6.45, 7) is 7.55. The Morgan fingerprint density at radius 2 is 1.96 bits per heavy atom. The molecular weight excluding hydrogens is 304 g/mol. The molecule has 1 aliphatic heterocycles. The van der Waals surface area contributed by atoms with Crippen LogP contribution in [0.4, 0.5) is 0 Å². The van der Waals surface area contributed by atoms with Crippen LogP contribution in [0.25, 0.3) is 0 Å². The third kappa shape index (κ3) is 5.05. The van der Waals surface area contributed by atoms with E-state index in [1.165, 1.54) is 12.7 Å². The van der Waals surface area contributed by atoms with Crippen molar-refractivity contribution in [2.24, 2.45) is 17.8 Å². The predicted molar refractivity (Wildman–Crippen MR) is 93.5 cm³/mol. The first-order valence-electron chi connectivity index (χ1n) is 8.87. The number of methoxy groups -OCH3 is 1. The summed E-state index contributed by atoms with van der Waals surface area (Å²) in [6, 6.07) is 10.2. The Labute approximate surface area is 145 Å². The second-order valence-electron chi connectivity index (χ2n) is 6.98. The van der Waals surface area contributed by atoms with Gasteiger partial charge in [-0.2, -0.15) is 0 Å². The highest BCUT2D eigenvalue weighted by molar-refractivity contribution is 5.72. The maximum absolute atomic E-state index is 11.8. The molecule has 1 aliphatic rings. The van der Waals surface area contributed by atoms with Crippen molar-refractivity contribution in [3.05, 3.63) is 35.9 Å². The Balaban J connectivity index is 1.84. The number of ether oxygens (including phenoxy) is 3. The van der Waals surface area contributed by atoms with Crippen LogP contribution < -0.4 is 0 Å². The van der Waals surface area contributed by atoms with Crippen molar-refractivity contribution in [2.75, 3.05) is 13.7 Å². The van der Waals surface area contributed by atoms with Crippen molar-refractivity contribution >= 4 is 5.97 Å². The zero-order chi connectivity index (χ0) is 17.5. The van der Waals surface area contributed by atoms with E-state index < -0.39 is 0 Å². The minimum absolute atomic E-state index is 0.0600. The minimum Gasteiger partial charge on any atom is -0.469 e. The lowest BCUT2D eigenvalue weighted by molar-refractivity contribution is -0.164. The van der Waals surface area contributed by atoms with Gasteiger partial charge in [0.1, 0.15) is 0 Å². The summed E-state index contributed by atoms with van der Waals surface area (Å²) < 4.78 is 17.0. The van der Waals surface area contributed by atoms with Crippen LogP contribution in [0.2, 0.25) is 0 Å². The van der Waals surface area contributed by atoms with E-state index in [9.17, 15) is 4.79 Å². The summed E-state index contributed by atoms with van der Waals surface area (Å²) in [5, 5.41) is 0. The molecule has 1 aromatic rings. The lowest BCUT2D eigenvalue weighted by Crippen LogP contribution is -2.43. The number of hydrogen-bond acceptors (Lipinski definition) is 4. The Hall–Kier alpha value is -1.39. The van der Waals surface area contributed by atoms with Crippen LogP contribution >= 0.6 is 0 Å². The third-order valence-electron chi connectivity index (χ3n) is 4.98. The normalized spacial score (nSPS) is 26.6. The van der Waals surface area contributed by atoms with Crippen LogP contribution in [0.5, 0.6) is 0 Å². The van der Waals surface area contributed by atoms with Gasteiger partial charge in [0.05, 0.1) is 38.4 Å². The van der Waals surface area contributed by atoms with Gasteiger partial charge in [0.25, 0.3) is 0 Å². The largest absolute Gasteiger partial charge is 0.469 e. The molecule has 0 bridgehead atoms. The minimum atomic E-state index is -0.220. The van der Waals surface area contributed by atoms with Crippen LogP contribution in [-0.4, -0.2) is 31.9 Å². The quantitative estimate of drug-likeness (QED) is 0.711. The molecule has 5 atom stereocenters. The van der Waals surface area contributed by atoms with Crippen molar-refractivity contribution in [3.63, 3.8) is 0 Å². The van der Waals surface area contributed by atoms with E-state index in [4.69, 9.17) is 14.2 Å². The van der Waals surface area contributed by atoms with E-state index in [2.05, 4.69) is 26.0 Å². The van der Waals surface area contributed by atoms with Gasteiger partial charge < -0.3 is 14.2 Å². The lowest BCUT2D eigenvalue weighted by Gasteiger charge is -2.39. The number of esters is 1. The second-order valence-corrected chi connectivity index (χ2v) is 6.98. The van der Waals surface area contributed by atoms with Crippen LogP contribution in [0.1, 0.15) is 39.2 Å². The Morgan fingerprint density at radius 1 is 1.25 bits per heavy atom. The maximum atomic E-state index is 11.8. The van der Waals surface area contributed by atoms with Gasteiger partial charge in [0.15, 0.2) is 0 Å². The maximum Gasteiger partial charge on any atom is 0.311 e. The van der Waals surface area contributed by atoms with Crippen molar-refractivity contribution in [2.45, 2.75) is 52.4 Å². The Kier molecular flexibility index (Phi) is 7.25. The van der Waals surface area contributed by atoms with Crippen LogP contribution in [0.3, 0.4) is 0 Å². The van der Waals surface area contributed by atoms with Gasteiger partial charge in [-0.3, -0.25) is 4.79 Å². The van der Waals surface area contributed by atoms with Gasteiger partial charge in [-0.05, 0) is 31.2 Å². The van der Waals surface area contributed by atoms with Gasteiger partial charge in [-0.1, -0.05) is 44.2 Å². The Morgan fingerprint density at radius 3 is 2.62 bits per heavy atom. The predicted octanol–water partition coefficient (Wildman–Crippen LogP) is 3.83. The summed E-state index contributed by atoms with van der Waals surface area (Å²) in [4.78, 5) is 11.8. The first-order valence-corrected chi connectivity index (χ1v) is 8.87. The van der Waals surface area contributed by atoms with Crippen LogP contribution in [0.15, 0.2) is 30.3 Å². The van der Waals surface area contributed by atoms with E-state index in [1.807, 2.05) is 25.1 Å². The molecule has 0 spiro atoms. The molecule has 24 heavy (non-hydrogen) atoms. The molecule has 0 amide bonds. The molecule has 1 fully saturated rings. The van der Waals surface area contributed by atoms with E-state index in [0.717, 1.165) is 12.8 Å². The van der Waals surface area contributed by atoms with Crippen molar-refractivity contribution < 1.29 is 19.0 Å².